The summed E-state index contributed by atoms with van der Waals surface area (Å²) in [6.07, 6.45) is 3.19. The molecule has 0 amide bonds. The highest BCUT2D eigenvalue weighted by Gasteiger charge is 2.31. The fourth-order valence-corrected chi connectivity index (χ4v) is 3.39. The van der Waals surface area contributed by atoms with Gasteiger partial charge in [-0.1, -0.05) is 17.7 Å². The van der Waals surface area contributed by atoms with Gasteiger partial charge >= 0.3 is 0 Å². The monoisotopic (exact) mass is 262 g/mol. The van der Waals surface area contributed by atoms with Gasteiger partial charge in [-0.2, -0.15) is 0 Å². The molecule has 1 N–H and O–H groups in total. The Kier molecular flexibility index (Phi) is 4.64. The van der Waals surface area contributed by atoms with Gasteiger partial charge in [0.25, 0.3) is 0 Å². The van der Waals surface area contributed by atoms with E-state index in [-0.39, 0.29) is 6.10 Å². The smallest absolute Gasteiger partial charge is 0.0797 e. The van der Waals surface area contributed by atoms with Crippen LogP contribution in [-0.2, 0) is 4.74 Å². The second kappa shape index (κ2) is 6.06. The Morgan fingerprint density at radius 1 is 1.21 bits per heavy atom. The number of benzene rings is 1. The summed E-state index contributed by atoms with van der Waals surface area (Å²) in [6, 6.07) is 4.32. The molecule has 2 nitrogen and oxygen atoms in total. The van der Waals surface area contributed by atoms with Gasteiger partial charge in [0.2, 0.25) is 0 Å². The average molecular weight is 262 g/mol. The highest BCUT2D eigenvalue weighted by atomic mass is 16.5. The molecule has 0 radical (unpaired) electrons. The molecule has 2 heteroatoms. The van der Waals surface area contributed by atoms with E-state index in [1.54, 1.807) is 0 Å². The highest BCUT2D eigenvalue weighted by Crippen LogP contribution is 2.38. The molecule has 0 heterocycles. The van der Waals surface area contributed by atoms with Gasteiger partial charge in [-0.05, 0) is 69.6 Å². The van der Waals surface area contributed by atoms with Crippen molar-refractivity contribution in [1.82, 2.24) is 0 Å². The second-order valence-electron chi connectivity index (χ2n) is 5.98. The van der Waals surface area contributed by atoms with E-state index in [1.165, 1.54) is 16.7 Å². The van der Waals surface area contributed by atoms with Crippen LogP contribution in [0.25, 0.3) is 0 Å². The summed E-state index contributed by atoms with van der Waals surface area (Å²) < 4.78 is 5.58. The quantitative estimate of drug-likeness (QED) is 0.873. The average Bonchev–Trinajstić information content (AvgIpc) is 2.24. The van der Waals surface area contributed by atoms with Gasteiger partial charge in [-0.15, -0.1) is 0 Å². The van der Waals surface area contributed by atoms with E-state index in [4.69, 9.17) is 4.74 Å². The molecule has 1 aromatic rings. The lowest BCUT2D eigenvalue weighted by atomic mass is 9.77. The Bertz CT molecular complexity index is 410. The minimum absolute atomic E-state index is 0.326. The van der Waals surface area contributed by atoms with Crippen molar-refractivity contribution in [3.63, 3.8) is 0 Å². The number of hydrogen-bond donors (Lipinski definition) is 1. The molecule has 0 saturated heterocycles. The molecule has 19 heavy (non-hydrogen) atoms. The standard InChI is InChI=1S/C17H26O2/c1-5-19-15-8-14(9-15)10-16(18)17-12(3)6-11(2)7-13(17)4/h6-7,14-16,18H,5,8-10H2,1-4H3. The number of aryl methyl sites for hydroxylation is 3. The van der Waals surface area contributed by atoms with E-state index in [1.807, 2.05) is 6.92 Å². The summed E-state index contributed by atoms with van der Waals surface area (Å²) >= 11 is 0. The second-order valence-corrected chi connectivity index (χ2v) is 5.98. The van der Waals surface area contributed by atoms with Crippen molar-refractivity contribution >= 4 is 0 Å². The number of rotatable bonds is 5. The fraction of sp³-hybridized carbons (Fsp3) is 0.647. The summed E-state index contributed by atoms with van der Waals surface area (Å²) in [5.41, 5.74) is 4.83. The predicted octanol–water partition coefficient (Wildman–Crippen LogP) is 3.85. The van der Waals surface area contributed by atoms with Gasteiger partial charge < -0.3 is 9.84 Å². The normalized spacial score (nSPS) is 24.1. The first kappa shape index (κ1) is 14.5. The van der Waals surface area contributed by atoms with E-state index >= 15 is 0 Å². The molecule has 0 spiro atoms. The molecule has 0 bridgehead atoms. The molecule has 1 fully saturated rings. The van der Waals surface area contributed by atoms with Gasteiger partial charge in [-0.3, -0.25) is 0 Å². The fourth-order valence-electron chi connectivity index (χ4n) is 3.39. The maximum Gasteiger partial charge on any atom is 0.0797 e. The number of hydrogen-bond acceptors (Lipinski definition) is 2. The molecule has 2 rings (SSSR count). The summed E-state index contributed by atoms with van der Waals surface area (Å²) in [7, 11) is 0. The van der Waals surface area contributed by atoms with Crippen LogP contribution in [0.3, 0.4) is 0 Å². The van der Waals surface area contributed by atoms with Crippen molar-refractivity contribution in [2.45, 2.75) is 59.2 Å². The highest BCUT2D eigenvalue weighted by molar-refractivity contribution is 5.39. The summed E-state index contributed by atoms with van der Waals surface area (Å²) in [5.74, 6) is 0.617. The molecular formula is C17H26O2. The SMILES string of the molecule is CCOC1CC(CC(O)c2c(C)cc(C)cc2C)C1. The van der Waals surface area contributed by atoms with E-state index in [0.717, 1.165) is 31.4 Å². The van der Waals surface area contributed by atoms with Crippen LogP contribution in [0.5, 0.6) is 0 Å². The Balaban J connectivity index is 1.96. The third kappa shape index (κ3) is 3.37. The minimum Gasteiger partial charge on any atom is -0.388 e. The molecule has 1 atom stereocenters. The molecular weight excluding hydrogens is 236 g/mol. The molecule has 1 aliphatic carbocycles. The Morgan fingerprint density at radius 2 is 1.79 bits per heavy atom. The predicted molar refractivity (Wildman–Crippen MR) is 78.4 cm³/mol. The first-order valence-corrected chi connectivity index (χ1v) is 7.38. The van der Waals surface area contributed by atoms with Crippen molar-refractivity contribution in [3.05, 3.63) is 34.4 Å². The molecule has 1 aromatic carbocycles. The zero-order valence-corrected chi connectivity index (χ0v) is 12.6. The van der Waals surface area contributed by atoms with Crippen LogP contribution < -0.4 is 0 Å². The van der Waals surface area contributed by atoms with Crippen molar-refractivity contribution < 1.29 is 9.84 Å². The maximum atomic E-state index is 10.5. The van der Waals surface area contributed by atoms with Crippen LogP contribution in [0, 0.1) is 26.7 Å². The molecule has 106 valence electrons. The Morgan fingerprint density at radius 3 is 2.32 bits per heavy atom. The van der Waals surface area contributed by atoms with Crippen molar-refractivity contribution in [2.75, 3.05) is 6.61 Å². The number of aliphatic hydroxyl groups excluding tert-OH is 1. The van der Waals surface area contributed by atoms with Crippen molar-refractivity contribution in [3.8, 4) is 0 Å². The first-order valence-electron chi connectivity index (χ1n) is 7.38. The van der Waals surface area contributed by atoms with Gasteiger partial charge in [0.15, 0.2) is 0 Å². The summed E-state index contributed by atoms with van der Waals surface area (Å²) in [6.45, 7) is 9.15. The topological polar surface area (TPSA) is 29.5 Å². The van der Waals surface area contributed by atoms with Crippen LogP contribution in [-0.4, -0.2) is 17.8 Å². The lowest BCUT2D eigenvalue weighted by Crippen LogP contribution is -2.32. The van der Waals surface area contributed by atoms with Gasteiger partial charge in [0, 0.05) is 6.61 Å². The molecule has 0 aromatic heterocycles. The van der Waals surface area contributed by atoms with Crippen molar-refractivity contribution in [2.24, 2.45) is 5.92 Å². The maximum absolute atomic E-state index is 10.5. The van der Waals surface area contributed by atoms with E-state index in [0.29, 0.717) is 12.0 Å². The van der Waals surface area contributed by atoms with Gasteiger partial charge in [-0.25, -0.2) is 0 Å². The summed E-state index contributed by atoms with van der Waals surface area (Å²) in [4.78, 5) is 0. The van der Waals surface area contributed by atoms with E-state index < -0.39 is 0 Å². The van der Waals surface area contributed by atoms with Crippen LogP contribution in [0.4, 0.5) is 0 Å². The molecule has 1 unspecified atom stereocenters. The van der Waals surface area contributed by atoms with Crippen molar-refractivity contribution in [1.29, 1.82) is 0 Å². The number of ether oxygens (including phenoxy) is 1. The van der Waals surface area contributed by atoms with E-state index in [9.17, 15) is 5.11 Å². The zero-order valence-electron chi connectivity index (χ0n) is 12.6. The van der Waals surface area contributed by atoms with Crippen LogP contribution in [0.15, 0.2) is 12.1 Å². The minimum atomic E-state index is -0.326. The third-order valence-electron chi connectivity index (χ3n) is 4.22. The van der Waals surface area contributed by atoms with Crippen LogP contribution >= 0.6 is 0 Å². The van der Waals surface area contributed by atoms with Gasteiger partial charge in [0.1, 0.15) is 0 Å². The Hall–Kier alpha value is -0.860. The van der Waals surface area contributed by atoms with Crippen LogP contribution in [0.1, 0.15) is 54.5 Å². The van der Waals surface area contributed by atoms with Gasteiger partial charge in [0.05, 0.1) is 12.2 Å². The Labute approximate surface area is 116 Å². The van der Waals surface area contributed by atoms with E-state index in [2.05, 4.69) is 32.9 Å². The molecule has 1 aliphatic rings. The summed E-state index contributed by atoms with van der Waals surface area (Å²) in [5, 5.41) is 10.5. The van der Waals surface area contributed by atoms with Crippen LogP contribution in [0.2, 0.25) is 0 Å². The molecule has 1 saturated carbocycles. The lowest BCUT2D eigenvalue weighted by molar-refractivity contribution is -0.0381. The zero-order chi connectivity index (χ0) is 14.0. The number of aliphatic hydroxyl groups is 1. The lowest BCUT2D eigenvalue weighted by Gasteiger charge is -2.36. The largest absolute Gasteiger partial charge is 0.388 e. The molecule has 0 aliphatic heterocycles. The third-order valence-corrected chi connectivity index (χ3v) is 4.22. The first-order chi connectivity index (χ1) is 9.01.